The highest BCUT2D eigenvalue weighted by atomic mass is 31.2. The normalized spacial score (nSPS) is 26.1. The summed E-state index contributed by atoms with van der Waals surface area (Å²) in [5, 5.41) is 17.1. The molecule has 0 spiro atoms. The predicted octanol–water partition coefficient (Wildman–Crippen LogP) is 5.16. The number of nitro groups is 1. The summed E-state index contributed by atoms with van der Waals surface area (Å²) < 4.78 is 15.4. The van der Waals surface area contributed by atoms with Crippen LogP contribution >= 0.6 is 7.36 Å². The van der Waals surface area contributed by atoms with E-state index in [9.17, 15) is 10.1 Å². The number of hydrogen-bond donors (Lipinski definition) is 0. The molecule has 9 nitrogen and oxygen atoms in total. The summed E-state index contributed by atoms with van der Waals surface area (Å²) in [5.41, 5.74) is 4.18. The van der Waals surface area contributed by atoms with Crippen molar-refractivity contribution in [2.75, 3.05) is 45.3 Å². The molecule has 3 aliphatic rings. The van der Waals surface area contributed by atoms with Crippen molar-refractivity contribution in [3.05, 3.63) is 75.2 Å². The van der Waals surface area contributed by atoms with Gasteiger partial charge < -0.3 is 9.64 Å². The van der Waals surface area contributed by atoms with Crippen LogP contribution in [0.1, 0.15) is 19.4 Å². The van der Waals surface area contributed by atoms with E-state index in [0.717, 1.165) is 18.4 Å². The number of hydrogen-bond acceptors (Lipinski definition) is 6. The lowest BCUT2D eigenvalue weighted by Gasteiger charge is -2.41. The van der Waals surface area contributed by atoms with Crippen LogP contribution in [-0.4, -0.2) is 61.0 Å². The molecule has 0 N–H and O–H groups in total. The van der Waals surface area contributed by atoms with E-state index in [4.69, 9.17) is 14.6 Å². The highest BCUT2D eigenvalue weighted by Crippen LogP contribution is 2.69. The third kappa shape index (κ3) is 3.38. The van der Waals surface area contributed by atoms with E-state index in [-0.39, 0.29) is 16.0 Å². The van der Waals surface area contributed by atoms with Gasteiger partial charge in [0.2, 0.25) is 0 Å². The Bertz CT molecular complexity index is 1250. The standard InChI is InChI=1S/C24H29N6O3P/c1-24(2)20-7-5-6-8-21(20)27(3)23(24)22-17-25-28(4)34(22,29-13-15-33-16-14-29)26-18-9-11-19(12-10-18)30(31)32/h5-12,17H,13-16H2,1-4H3/b23-22-. The third-order valence-corrected chi connectivity index (χ3v) is 10.5. The van der Waals surface area contributed by atoms with E-state index in [0.29, 0.717) is 18.9 Å². The largest absolute Gasteiger partial charge is 0.379 e. The Morgan fingerprint density at radius 3 is 2.41 bits per heavy atom. The molecule has 0 aromatic heterocycles. The predicted molar refractivity (Wildman–Crippen MR) is 136 cm³/mol. The van der Waals surface area contributed by atoms with Crippen molar-refractivity contribution in [3.63, 3.8) is 0 Å². The molecule has 0 amide bonds. The Labute approximate surface area is 199 Å². The second kappa shape index (κ2) is 8.34. The molecule has 3 heterocycles. The van der Waals surface area contributed by atoms with Crippen molar-refractivity contribution in [1.29, 1.82) is 0 Å². The van der Waals surface area contributed by atoms with E-state index in [1.807, 2.05) is 18.0 Å². The second-order valence-electron chi connectivity index (χ2n) is 9.18. The van der Waals surface area contributed by atoms with Crippen molar-refractivity contribution in [2.45, 2.75) is 19.3 Å². The molecule has 2 aromatic carbocycles. The fraction of sp³-hybridized carbons (Fsp3) is 0.375. The van der Waals surface area contributed by atoms with Crippen molar-refractivity contribution >= 4 is 30.6 Å². The lowest BCUT2D eigenvalue weighted by atomic mass is 9.84. The Morgan fingerprint density at radius 1 is 1.09 bits per heavy atom. The molecule has 3 aliphatic heterocycles. The lowest BCUT2D eigenvalue weighted by Crippen LogP contribution is -2.37. The maximum Gasteiger partial charge on any atom is 0.269 e. The number of allylic oxidation sites excluding steroid dienone is 2. The zero-order chi connectivity index (χ0) is 24.1. The van der Waals surface area contributed by atoms with Gasteiger partial charge in [0.05, 0.1) is 35.4 Å². The zero-order valence-electron chi connectivity index (χ0n) is 19.9. The van der Waals surface area contributed by atoms with E-state index in [1.54, 1.807) is 12.1 Å². The van der Waals surface area contributed by atoms with Crippen LogP contribution in [-0.2, 0) is 10.2 Å². The van der Waals surface area contributed by atoms with Gasteiger partial charge in [-0.15, -0.1) is 0 Å². The quantitative estimate of drug-likeness (QED) is 0.343. The molecular weight excluding hydrogens is 451 g/mol. The van der Waals surface area contributed by atoms with Gasteiger partial charge in [0, 0.05) is 56.1 Å². The van der Waals surface area contributed by atoms with Crippen LogP contribution < -0.4 is 4.90 Å². The van der Waals surface area contributed by atoms with Crippen molar-refractivity contribution in [1.82, 2.24) is 9.45 Å². The number of para-hydroxylation sites is 1. The van der Waals surface area contributed by atoms with Gasteiger partial charge in [0.25, 0.3) is 5.69 Å². The average Bonchev–Trinajstić information content (AvgIpc) is 3.25. The van der Waals surface area contributed by atoms with Crippen LogP contribution in [0.4, 0.5) is 17.1 Å². The Hall–Kier alpha value is -3.00. The molecule has 0 bridgehead atoms. The van der Waals surface area contributed by atoms with Gasteiger partial charge in [-0.3, -0.25) is 10.1 Å². The van der Waals surface area contributed by atoms with Gasteiger partial charge in [0.1, 0.15) is 0 Å². The molecule has 2 aromatic rings. The number of rotatable bonds is 3. The second-order valence-corrected chi connectivity index (χ2v) is 12.1. The number of anilines is 1. The van der Waals surface area contributed by atoms with Crippen molar-refractivity contribution < 1.29 is 9.66 Å². The van der Waals surface area contributed by atoms with Crippen molar-refractivity contribution in [2.24, 2.45) is 9.85 Å². The first-order valence-corrected chi connectivity index (χ1v) is 13.0. The number of nitrogens with zero attached hydrogens (tertiary/aromatic N) is 6. The monoisotopic (exact) mass is 480 g/mol. The topological polar surface area (TPSA) is 86.8 Å². The summed E-state index contributed by atoms with van der Waals surface area (Å²) in [4.78, 5) is 13.1. The Morgan fingerprint density at radius 2 is 1.76 bits per heavy atom. The van der Waals surface area contributed by atoms with Crippen LogP contribution in [0.15, 0.2) is 69.4 Å². The number of fused-ring (bicyclic) bond motifs is 1. The molecule has 0 aliphatic carbocycles. The minimum absolute atomic E-state index is 0.0550. The zero-order valence-corrected chi connectivity index (χ0v) is 20.8. The van der Waals surface area contributed by atoms with Gasteiger partial charge in [-0.1, -0.05) is 32.0 Å². The highest BCUT2D eigenvalue weighted by molar-refractivity contribution is 7.67. The number of nitro benzene ring substituents is 1. The lowest BCUT2D eigenvalue weighted by molar-refractivity contribution is -0.384. The van der Waals surface area contributed by atoms with Crippen LogP contribution in [0.25, 0.3) is 0 Å². The smallest absolute Gasteiger partial charge is 0.269 e. The van der Waals surface area contributed by atoms with Crippen LogP contribution in [0.5, 0.6) is 0 Å². The SMILES string of the molecule is CN1/C(=C2/C=NN(C)P2(=Nc2ccc([N+](=O)[O-])cc2)N2CCOCC2)C(C)(C)c2ccccc21. The first-order chi connectivity index (χ1) is 16.3. The first kappa shape index (κ1) is 22.8. The average molecular weight is 481 g/mol. The molecule has 1 saturated heterocycles. The number of likely N-dealkylation sites (N-methyl/N-ethyl adjacent to an activating group) is 1. The molecular formula is C24H29N6O3P. The van der Waals surface area contributed by atoms with E-state index >= 15 is 0 Å². The molecule has 178 valence electrons. The Kier molecular flexibility index (Phi) is 5.59. The summed E-state index contributed by atoms with van der Waals surface area (Å²) in [5.74, 6) is 0. The van der Waals surface area contributed by atoms with Gasteiger partial charge in [-0.25, -0.2) is 14.2 Å². The molecule has 1 fully saturated rings. The number of non-ortho nitro benzene ring substituents is 1. The summed E-state index contributed by atoms with van der Waals surface area (Å²) in [6.07, 6.45) is 1.97. The van der Waals surface area contributed by atoms with E-state index in [1.165, 1.54) is 29.1 Å². The van der Waals surface area contributed by atoms with E-state index < -0.39 is 7.36 Å². The summed E-state index contributed by atoms with van der Waals surface area (Å²) >= 11 is 0. The fourth-order valence-corrected chi connectivity index (χ4v) is 8.89. The first-order valence-electron chi connectivity index (χ1n) is 11.3. The molecule has 5 rings (SSSR count). The van der Waals surface area contributed by atoms with Gasteiger partial charge in [-0.2, -0.15) is 5.10 Å². The van der Waals surface area contributed by atoms with Crippen LogP contribution in [0.2, 0.25) is 0 Å². The van der Waals surface area contributed by atoms with Crippen LogP contribution in [0.3, 0.4) is 0 Å². The number of ether oxygens (including phenoxy) is 1. The van der Waals surface area contributed by atoms with Crippen LogP contribution in [0, 0.1) is 10.1 Å². The third-order valence-electron chi connectivity index (χ3n) is 6.88. The summed E-state index contributed by atoms with van der Waals surface area (Å²) in [6.45, 7) is 7.26. The minimum atomic E-state index is -2.52. The highest BCUT2D eigenvalue weighted by Gasteiger charge is 2.48. The molecule has 0 saturated carbocycles. The Balaban J connectivity index is 1.76. The summed E-state index contributed by atoms with van der Waals surface area (Å²) in [7, 11) is 1.57. The molecule has 1 unspecified atom stereocenters. The molecule has 10 heteroatoms. The summed E-state index contributed by atoms with van der Waals surface area (Å²) in [6, 6.07) is 15.0. The van der Waals surface area contributed by atoms with Gasteiger partial charge in [0.15, 0.2) is 7.36 Å². The van der Waals surface area contributed by atoms with E-state index in [2.05, 4.69) is 54.7 Å². The molecule has 1 atom stereocenters. The number of hydrazone groups is 1. The van der Waals surface area contributed by atoms with Gasteiger partial charge in [-0.05, 0) is 23.8 Å². The maximum atomic E-state index is 11.2. The minimum Gasteiger partial charge on any atom is -0.379 e. The fourth-order valence-electron chi connectivity index (χ4n) is 5.25. The maximum absolute atomic E-state index is 11.2. The number of morpholine rings is 1. The molecule has 0 radical (unpaired) electrons. The van der Waals surface area contributed by atoms with Crippen molar-refractivity contribution in [3.8, 4) is 0 Å². The molecule has 34 heavy (non-hydrogen) atoms. The number of benzene rings is 2. The van der Waals surface area contributed by atoms with Gasteiger partial charge >= 0.3 is 0 Å².